The van der Waals surface area contributed by atoms with Crippen molar-refractivity contribution in [3.05, 3.63) is 76.3 Å². The molecule has 36 heavy (non-hydrogen) atoms. The van der Waals surface area contributed by atoms with Crippen LogP contribution in [0.25, 0.3) is 0 Å². The van der Waals surface area contributed by atoms with Crippen LogP contribution in [0.4, 0.5) is 9.59 Å². The maximum absolute atomic E-state index is 13.3. The van der Waals surface area contributed by atoms with Gasteiger partial charge in [-0.1, -0.05) is 36.0 Å². The van der Waals surface area contributed by atoms with Crippen LogP contribution in [0.2, 0.25) is 0 Å². The van der Waals surface area contributed by atoms with Gasteiger partial charge in [0.2, 0.25) is 10.0 Å². The highest BCUT2D eigenvalue weighted by molar-refractivity contribution is 8.03. The Morgan fingerprint density at radius 2 is 1.64 bits per heavy atom. The van der Waals surface area contributed by atoms with Crippen molar-refractivity contribution in [2.75, 3.05) is 7.05 Å². The number of carbonyl (C=O) groups is 4. The van der Waals surface area contributed by atoms with E-state index >= 15 is 0 Å². The highest BCUT2D eigenvalue weighted by Gasteiger charge is 2.48. The average Bonchev–Trinajstić information content (AvgIpc) is 3.29. The van der Waals surface area contributed by atoms with Crippen LogP contribution in [0.3, 0.4) is 0 Å². The SMILES string of the molecule is CN1C(=O)N(Cc2ccc(C(=O)O)cc2)C(=O)N2C(C(=O)NCc3ccc(S(N)(=O)=O)cc3)=CSC12. The summed E-state index contributed by atoms with van der Waals surface area (Å²) in [5.74, 6) is -1.65. The quantitative estimate of drug-likeness (QED) is 0.483. The zero-order valence-electron chi connectivity index (χ0n) is 18.8. The number of amides is 5. The Morgan fingerprint density at radius 3 is 2.22 bits per heavy atom. The lowest BCUT2D eigenvalue weighted by atomic mass is 10.1. The van der Waals surface area contributed by atoms with Crippen LogP contribution >= 0.6 is 11.8 Å². The third kappa shape index (κ3) is 4.91. The number of urea groups is 2. The number of primary sulfonamides is 1. The lowest BCUT2D eigenvalue weighted by Crippen LogP contribution is -2.62. The third-order valence-electron chi connectivity index (χ3n) is 5.56. The molecule has 0 saturated carbocycles. The monoisotopic (exact) mass is 531 g/mol. The second-order valence-corrected chi connectivity index (χ2v) is 10.5. The molecule has 12 nitrogen and oxygen atoms in total. The molecule has 1 fully saturated rings. The van der Waals surface area contributed by atoms with Crippen molar-refractivity contribution in [3.8, 4) is 0 Å². The third-order valence-corrected chi connectivity index (χ3v) is 7.62. The van der Waals surface area contributed by atoms with E-state index in [-0.39, 0.29) is 29.2 Å². The van der Waals surface area contributed by atoms with Gasteiger partial charge in [0.1, 0.15) is 5.70 Å². The first-order chi connectivity index (χ1) is 17.0. The molecule has 14 heteroatoms. The molecule has 0 spiro atoms. The zero-order chi connectivity index (χ0) is 26.2. The number of nitrogens with one attached hydrogen (secondary N) is 1. The summed E-state index contributed by atoms with van der Waals surface area (Å²) >= 11 is 1.13. The number of rotatable bonds is 7. The predicted octanol–water partition coefficient (Wildman–Crippen LogP) is 1.51. The number of fused-ring (bicyclic) bond motifs is 1. The number of aromatic carboxylic acids is 1. The summed E-state index contributed by atoms with van der Waals surface area (Å²) in [5.41, 5.74) is 0.553. The summed E-state index contributed by atoms with van der Waals surface area (Å²) in [6.45, 7) is -0.0477. The Hall–Kier alpha value is -3.88. The number of carboxylic acids is 1. The van der Waals surface area contributed by atoms with Gasteiger partial charge < -0.3 is 10.4 Å². The van der Waals surface area contributed by atoms with Crippen molar-refractivity contribution in [2.24, 2.45) is 5.14 Å². The molecule has 2 aliphatic heterocycles. The van der Waals surface area contributed by atoms with Crippen molar-refractivity contribution in [3.63, 3.8) is 0 Å². The molecular weight excluding hydrogens is 510 g/mol. The number of sulfonamides is 1. The van der Waals surface area contributed by atoms with E-state index in [1.54, 1.807) is 0 Å². The minimum Gasteiger partial charge on any atom is -0.478 e. The number of thioether (sulfide) groups is 1. The van der Waals surface area contributed by atoms with Gasteiger partial charge in [0.25, 0.3) is 5.91 Å². The fourth-order valence-corrected chi connectivity index (χ4v) is 5.21. The normalized spacial score (nSPS) is 17.7. The maximum atomic E-state index is 13.3. The van der Waals surface area contributed by atoms with Crippen LogP contribution in [0, 0.1) is 0 Å². The summed E-state index contributed by atoms with van der Waals surface area (Å²) in [7, 11) is -2.32. The molecule has 0 bridgehead atoms. The van der Waals surface area contributed by atoms with Gasteiger partial charge in [-0.05, 0) is 35.4 Å². The molecule has 2 aromatic rings. The second kappa shape index (κ2) is 9.64. The molecule has 1 atom stereocenters. The van der Waals surface area contributed by atoms with Crippen LogP contribution in [0.1, 0.15) is 21.5 Å². The summed E-state index contributed by atoms with van der Waals surface area (Å²) in [4.78, 5) is 53.6. The number of carboxylic acid groups (broad SMARTS) is 1. The van der Waals surface area contributed by atoms with E-state index in [0.29, 0.717) is 11.1 Å². The number of imide groups is 1. The summed E-state index contributed by atoms with van der Waals surface area (Å²) in [6.07, 6.45) is 0. The van der Waals surface area contributed by atoms with Crippen LogP contribution in [-0.2, 0) is 27.9 Å². The summed E-state index contributed by atoms with van der Waals surface area (Å²) < 4.78 is 22.8. The van der Waals surface area contributed by atoms with Gasteiger partial charge in [-0.25, -0.2) is 32.8 Å². The Kier molecular flexibility index (Phi) is 6.75. The van der Waals surface area contributed by atoms with E-state index < -0.39 is 39.5 Å². The molecule has 1 saturated heterocycles. The van der Waals surface area contributed by atoms with E-state index in [0.717, 1.165) is 16.7 Å². The van der Waals surface area contributed by atoms with Crippen LogP contribution in [-0.4, -0.2) is 64.7 Å². The lowest BCUT2D eigenvalue weighted by molar-refractivity contribution is -0.119. The Labute approximate surface area is 210 Å². The number of hydrogen-bond donors (Lipinski definition) is 3. The first kappa shape index (κ1) is 25.2. The van der Waals surface area contributed by atoms with Crippen molar-refractivity contribution >= 4 is 45.7 Å². The smallest absolute Gasteiger partial charge is 0.335 e. The largest absolute Gasteiger partial charge is 0.478 e. The molecule has 5 amide bonds. The highest BCUT2D eigenvalue weighted by Crippen LogP contribution is 2.37. The van der Waals surface area contributed by atoms with Crippen molar-refractivity contribution in [1.29, 1.82) is 0 Å². The average molecular weight is 532 g/mol. The molecule has 0 aliphatic carbocycles. The molecule has 2 aliphatic rings. The number of nitrogens with zero attached hydrogens (tertiary/aromatic N) is 3. The van der Waals surface area contributed by atoms with Crippen LogP contribution in [0.15, 0.2) is 64.5 Å². The van der Waals surface area contributed by atoms with E-state index in [9.17, 15) is 27.6 Å². The number of benzene rings is 2. The van der Waals surface area contributed by atoms with E-state index in [1.807, 2.05) is 0 Å². The second-order valence-electron chi connectivity index (χ2n) is 7.97. The van der Waals surface area contributed by atoms with Crippen LogP contribution in [0.5, 0.6) is 0 Å². The number of hydrogen-bond acceptors (Lipinski definition) is 7. The fraction of sp³-hybridized carbons (Fsp3) is 0.182. The van der Waals surface area contributed by atoms with Crippen molar-refractivity contribution in [1.82, 2.24) is 20.0 Å². The molecule has 188 valence electrons. The van der Waals surface area contributed by atoms with E-state index in [2.05, 4.69) is 5.32 Å². The van der Waals surface area contributed by atoms with Crippen molar-refractivity contribution < 1.29 is 32.7 Å². The molecular formula is C22H21N5O7S2. The van der Waals surface area contributed by atoms with Gasteiger partial charge in [-0.3, -0.25) is 14.6 Å². The lowest BCUT2D eigenvalue weighted by Gasteiger charge is -2.42. The zero-order valence-corrected chi connectivity index (χ0v) is 20.5. The highest BCUT2D eigenvalue weighted by atomic mass is 32.2. The van der Waals surface area contributed by atoms with Gasteiger partial charge in [0.15, 0.2) is 5.50 Å². The van der Waals surface area contributed by atoms with E-state index in [1.165, 1.54) is 70.8 Å². The van der Waals surface area contributed by atoms with Gasteiger partial charge in [0.05, 0.1) is 17.0 Å². The first-order valence-electron chi connectivity index (χ1n) is 10.4. The molecule has 0 aromatic heterocycles. The molecule has 4 N–H and O–H groups in total. The molecule has 2 heterocycles. The fourth-order valence-electron chi connectivity index (χ4n) is 3.62. The minimum atomic E-state index is -3.83. The molecule has 0 radical (unpaired) electrons. The molecule has 2 aromatic carbocycles. The Morgan fingerprint density at radius 1 is 1.03 bits per heavy atom. The molecule has 4 rings (SSSR count). The number of nitrogens with two attached hydrogens (primary N) is 1. The Bertz CT molecular complexity index is 1370. The predicted molar refractivity (Wildman–Crippen MR) is 128 cm³/mol. The summed E-state index contributed by atoms with van der Waals surface area (Å²) in [5, 5.41) is 18.3. The summed E-state index contributed by atoms with van der Waals surface area (Å²) in [6, 6.07) is 10.2. The first-order valence-corrected chi connectivity index (χ1v) is 12.9. The topological polar surface area (TPSA) is 170 Å². The van der Waals surface area contributed by atoms with Crippen molar-refractivity contribution in [2.45, 2.75) is 23.5 Å². The van der Waals surface area contributed by atoms with E-state index in [4.69, 9.17) is 10.2 Å². The number of carbonyl (C=O) groups excluding carboxylic acids is 3. The standard InChI is InChI=1S/C22H21N5O7S2/c1-25-20(31)26(11-14-2-6-15(7-3-14)19(29)30)21(32)27-17(12-35-22(25)27)18(28)24-10-13-4-8-16(9-5-13)36(23,33)34/h2-9,12,22H,10-11H2,1H3,(H,24,28)(H,29,30)(H2,23,33,34). The molecule has 1 unspecified atom stereocenters. The minimum absolute atomic E-state index is 0.0559. The van der Waals surface area contributed by atoms with Gasteiger partial charge in [0, 0.05) is 19.0 Å². The van der Waals surface area contributed by atoms with Crippen LogP contribution < -0.4 is 10.5 Å². The Balaban J connectivity index is 1.47. The van der Waals surface area contributed by atoms with Gasteiger partial charge in [-0.2, -0.15) is 0 Å². The maximum Gasteiger partial charge on any atom is 0.335 e. The van der Waals surface area contributed by atoms with Gasteiger partial charge in [-0.15, -0.1) is 0 Å². The van der Waals surface area contributed by atoms with Gasteiger partial charge >= 0.3 is 18.0 Å².